The number of nitrogens with zero attached hydrogens (tertiary/aromatic N) is 3. The average Bonchev–Trinajstić information content (AvgIpc) is 3.70. The van der Waals surface area contributed by atoms with Crippen LogP contribution in [0.2, 0.25) is 0 Å². The third-order valence-corrected chi connectivity index (χ3v) is 7.51. The van der Waals surface area contributed by atoms with Crippen molar-refractivity contribution in [3.8, 4) is 11.3 Å². The predicted octanol–water partition coefficient (Wildman–Crippen LogP) is 5.57. The summed E-state index contributed by atoms with van der Waals surface area (Å²) >= 11 is 0. The number of carboxylic acids is 1. The molecule has 3 aromatic rings. The Labute approximate surface area is 205 Å². The monoisotopic (exact) mass is 472 g/mol. The zero-order valence-corrected chi connectivity index (χ0v) is 20.2. The van der Waals surface area contributed by atoms with Crippen molar-refractivity contribution in [1.29, 1.82) is 0 Å². The number of hydrogen-bond acceptors (Lipinski definition) is 6. The van der Waals surface area contributed by atoms with E-state index in [1.165, 1.54) is 18.4 Å². The number of nitrogens with one attached hydrogen (secondary N) is 1. The normalized spacial score (nSPS) is 21.8. The Morgan fingerprint density at radius 2 is 1.77 bits per heavy atom. The molecule has 1 unspecified atom stereocenters. The van der Waals surface area contributed by atoms with Crippen molar-refractivity contribution in [2.45, 2.75) is 63.9 Å². The summed E-state index contributed by atoms with van der Waals surface area (Å²) < 4.78 is 0. The number of hydrogen-bond donors (Lipinski definition) is 3. The van der Waals surface area contributed by atoms with Crippen LogP contribution < -0.4 is 5.32 Å². The van der Waals surface area contributed by atoms with Crippen LogP contribution in [0.15, 0.2) is 48.8 Å². The zero-order valence-electron chi connectivity index (χ0n) is 20.2. The molecule has 2 fully saturated rings. The van der Waals surface area contributed by atoms with Gasteiger partial charge in [-0.1, -0.05) is 0 Å². The summed E-state index contributed by atoms with van der Waals surface area (Å²) in [4.78, 5) is 25.1. The van der Waals surface area contributed by atoms with E-state index in [-0.39, 0.29) is 11.8 Å². The highest BCUT2D eigenvalue weighted by Crippen LogP contribution is 2.41. The topological polar surface area (TPSA) is 108 Å². The maximum atomic E-state index is 11.3. The number of rotatable bonds is 7. The van der Waals surface area contributed by atoms with E-state index < -0.39 is 11.6 Å². The van der Waals surface area contributed by atoms with Crippen LogP contribution in [0.25, 0.3) is 11.3 Å². The highest BCUT2D eigenvalue weighted by Gasteiger charge is 2.38. The molecule has 2 aliphatic rings. The number of aryl methyl sites for hydroxylation is 1. The minimum absolute atomic E-state index is 0.0109. The molecule has 5 rings (SSSR count). The summed E-state index contributed by atoms with van der Waals surface area (Å²) in [6.45, 7) is 3.82. The number of aliphatic hydroxyl groups is 1. The highest BCUT2D eigenvalue weighted by atomic mass is 16.4. The number of aromatic nitrogens is 3. The Hall–Kier alpha value is -3.32. The van der Waals surface area contributed by atoms with Crippen LogP contribution >= 0.6 is 0 Å². The third kappa shape index (κ3) is 5.20. The molecule has 0 saturated heterocycles. The second-order valence-electron chi connectivity index (χ2n) is 10.3. The Kier molecular flexibility index (Phi) is 6.28. The van der Waals surface area contributed by atoms with Gasteiger partial charge in [0.1, 0.15) is 17.2 Å². The van der Waals surface area contributed by atoms with Gasteiger partial charge in [0, 0.05) is 18.0 Å². The van der Waals surface area contributed by atoms with Crippen LogP contribution in [0.1, 0.15) is 68.2 Å². The van der Waals surface area contributed by atoms with Crippen molar-refractivity contribution in [1.82, 2.24) is 15.0 Å². The number of carboxylic acid groups (broad SMARTS) is 1. The van der Waals surface area contributed by atoms with Crippen molar-refractivity contribution < 1.29 is 15.0 Å². The van der Waals surface area contributed by atoms with Crippen molar-refractivity contribution >= 4 is 17.6 Å². The lowest BCUT2D eigenvalue weighted by Gasteiger charge is -2.36. The molecule has 2 saturated carbocycles. The van der Waals surface area contributed by atoms with Crippen LogP contribution in [0.4, 0.5) is 11.6 Å². The largest absolute Gasteiger partial charge is 0.481 e. The van der Waals surface area contributed by atoms with Crippen LogP contribution in [-0.2, 0) is 10.4 Å². The fourth-order valence-electron chi connectivity index (χ4n) is 5.15. The van der Waals surface area contributed by atoms with Crippen molar-refractivity contribution in [2.24, 2.45) is 11.8 Å². The molecule has 7 heteroatoms. The van der Waals surface area contributed by atoms with Gasteiger partial charge in [-0.2, -0.15) is 0 Å². The molecule has 0 radical (unpaired) electrons. The molecule has 3 N–H and O–H groups in total. The Morgan fingerprint density at radius 3 is 2.43 bits per heavy atom. The molecule has 7 nitrogen and oxygen atoms in total. The van der Waals surface area contributed by atoms with E-state index in [9.17, 15) is 15.0 Å². The van der Waals surface area contributed by atoms with Gasteiger partial charge in [-0.15, -0.1) is 0 Å². The number of anilines is 2. The van der Waals surface area contributed by atoms with Crippen LogP contribution in [0.5, 0.6) is 0 Å². The van der Waals surface area contributed by atoms with E-state index in [0.29, 0.717) is 37.3 Å². The molecule has 35 heavy (non-hydrogen) atoms. The minimum atomic E-state index is -1.10. The first-order valence-corrected chi connectivity index (χ1v) is 12.4. The maximum absolute atomic E-state index is 11.3. The molecule has 0 amide bonds. The summed E-state index contributed by atoms with van der Waals surface area (Å²) in [5, 5.41) is 23.9. The first-order chi connectivity index (χ1) is 16.8. The van der Waals surface area contributed by atoms with Crippen molar-refractivity contribution in [2.75, 3.05) is 5.32 Å². The van der Waals surface area contributed by atoms with E-state index in [1.807, 2.05) is 37.4 Å². The number of pyridine rings is 3. The molecule has 182 valence electrons. The summed E-state index contributed by atoms with van der Waals surface area (Å²) in [6.07, 6.45) is 8.63. The smallest absolute Gasteiger partial charge is 0.306 e. The SMILES string of the molecule is Cc1cc(Nc2cc(C3CC3)ccn2)nc(-c2ccc(C(C)(O)[C@H]3CC[C@H](C(=O)O)CC3)nc2)c1. The summed E-state index contributed by atoms with van der Waals surface area (Å²) in [7, 11) is 0. The standard InChI is InChI=1S/C28H32N4O3/c1-17-13-23(31-26(14-17)32-25-15-20(11-12-29-25)18-3-4-18)21-7-10-24(30-16-21)28(2,35)22-8-5-19(6-9-22)27(33)34/h7,10-16,18-19,22,35H,3-6,8-9H2,1-2H3,(H,33,34)(H,29,31,32)/t19-,22-,28?. The van der Waals surface area contributed by atoms with Gasteiger partial charge in [0.15, 0.2) is 0 Å². The Morgan fingerprint density at radius 1 is 1.00 bits per heavy atom. The van der Waals surface area contributed by atoms with Crippen molar-refractivity contribution in [3.63, 3.8) is 0 Å². The summed E-state index contributed by atoms with van der Waals surface area (Å²) in [5.74, 6) is 1.12. The molecule has 0 bridgehead atoms. The number of aliphatic carboxylic acids is 1. The first kappa shape index (κ1) is 23.4. The predicted molar refractivity (Wildman–Crippen MR) is 134 cm³/mol. The van der Waals surface area contributed by atoms with Gasteiger partial charge in [-0.05, 0) is 112 Å². The number of carbonyl (C=O) groups is 1. The molecule has 2 aliphatic carbocycles. The minimum Gasteiger partial charge on any atom is -0.481 e. The first-order valence-electron chi connectivity index (χ1n) is 12.4. The van der Waals surface area contributed by atoms with Crippen molar-refractivity contribution in [3.05, 3.63) is 65.6 Å². The van der Waals surface area contributed by atoms with E-state index >= 15 is 0 Å². The summed E-state index contributed by atoms with van der Waals surface area (Å²) in [6, 6.07) is 12.0. The lowest BCUT2D eigenvalue weighted by molar-refractivity contribution is -0.144. The molecule has 0 aliphatic heterocycles. The molecule has 0 aromatic carbocycles. The third-order valence-electron chi connectivity index (χ3n) is 7.51. The highest BCUT2D eigenvalue weighted by molar-refractivity contribution is 5.70. The molecule has 3 aromatic heterocycles. The van der Waals surface area contributed by atoms with Gasteiger partial charge in [-0.25, -0.2) is 9.97 Å². The summed E-state index contributed by atoms with van der Waals surface area (Å²) in [5.41, 5.74) is 3.55. The van der Waals surface area contributed by atoms with Gasteiger partial charge >= 0.3 is 5.97 Å². The molecule has 0 spiro atoms. The Balaban J connectivity index is 1.32. The van der Waals surface area contributed by atoms with Crippen LogP contribution in [-0.4, -0.2) is 31.1 Å². The van der Waals surface area contributed by atoms with Gasteiger partial charge in [-0.3, -0.25) is 9.78 Å². The van der Waals surface area contributed by atoms with Gasteiger partial charge in [0.2, 0.25) is 0 Å². The fourth-order valence-corrected chi connectivity index (χ4v) is 5.15. The van der Waals surface area contributed by atoms with Crippen LogP contribution in [0.3, 0.4) is 0 Å². The fraction of sp³-hybridized carbons (Fsp3) is 0.429. The lowest BCUT2D eigenvalue weighted by Crippen LogP contribution is -2.36. The van der Waals surface area contributed by atoms with E-state index in [0.717, 1.165) is 28.5 Å². The van der Waals surface area contributed by atoms with E-state index in [2.05, 4.69) is 27.4 Å². The van der Waals surface area contributed by atoms with Gasteiger partial charge in [0.05, 0.1) is 17.3 Å². The van der Waals surface area contributed by atoms with E-state index in [4.69, 9.17) is 4.98 Å². The van der Waals surface area contributed by atoms with Gasteiger partial charge < -0.3 is 15.5 Å². The molecular formula is C28H32N4O3. The Bertz CT molecular complexity index is 1210. The maximum Gasteiger partial charge on any atom is 0.306 e. The zero-order chi connectivity index (χ0) is 24.6. The van der Waals surface area contributed by atoms with Gasteiger partial charge in [0.25, 0.3) is 0 Å². The lowest BCUT2D eigenvalue weighted by atomic mass is 9.73. The quantitative estimate of drug-likeness (QED) is 0.413. The second kappa shape index (κ2) is 9.38. The van der Waals surface area contributed by atoms with E-state index in [1.54, 1.807) is 13.1 Å². The molecular weight excluding hydrogens is 440 g/mol. The second-order valence-corrected chi connectivity index (χ2v) is 10.3. The average molecular weight is 473 g/mol. The molecule has 3 heterocycles. The molecule has 1 atom stereocenters. The van der Waals surface area contributed by atoms with Crippen LogP contribution in [0, 0.1) is 18.8 Å².